The van der Waals surface area contributed by atoms with Crippen LogP contribution in [0.4, 0.5) is 28.8 Å². The fraction of sp³-hybridized carbons (Fsp3) is 0.500. The van der Waals surface area contributed by atoms with Crippen LogP contribution in [0.25, 0.3) is 0 Å². The third-order valence-corrected chi connectivity index (χ3v) is 4.86. The quantitative estimate of drug-likeness (QED) is 0.470. The molecule has 0 saturated heterocycles. The summed E-state index contributed by atoms with van der Waals surface area (Å²) in [6, 6.07) is 7.19. The zero-order chi connectivity index (χ0) is 21.0. The number of pyridine rings is 2. The predicted molar refractivity (Wildman–Crippen MR) is 115 cm³/mol. The maximum Gasteiger partial charge on any atom is 0.366 e. The van der Waals surface area contributed by atoms with Gasteiger partial charge in [0.05, 0.1) is 5.69 Å². The van der Waals surface area contributed by atoms with Gasteiger partial charge in [-0.1, -0.05) is 0 Å². The molecule has 0 unspecified atom stereocenters. The topological polar surface area (TPSA) is 81.9 Å². The van der Waals surface area contributed by atoms with Gasteiger partial charge < -0.3 is 29.7 Å². The van der Waals surface area contributed by atoms with Gasteiger partial charge in [-0.05, 0) is 82.2 Å². The van der Waals surface area contributed by atoms with Crippen molar-refractivity contribution in [2.75, 3.05) is 64.2 Å². The van der Waals surface area contributed by atoms with E-state index in [-0.39, 0.29) is 5.82 Å². The Morgan fingerprint density at radius 3 is 2.10 bits per heavy atom. The zero-order valence-corrected chi connectivity index (χ0v) is 17.6. The first-order valence-electron chi connectivity index (χ1n) is 9.83. The third kappa shape index (κ3) is 4.80. The van der Waals surface area contributed by atoms with E-state index in [0.29, 0.717) is 12.4 Å². The molecule has 29 heavy (non-hydrogen) atoms. The smallest absolute Gasteiger partial charge is 0.358 e. The molecule has 0 N–H and O–H groups in total. The average Bonchev–Trinajstić information content (AvgIpc) is 2.68. The first kappa shape index (κ1) is 20.9. The van der Waals surface area contributed by atoms with Crippen molar-refractivity contribution in [3.63, 3.8) is 0 Å². The zero-order valence-electron chi connectivity index (χ0n) is 17.6. The lowest BCUT2D eigenvalue weighted by atomic mass is 10.1. The SMILES string of the molecule is CN(C)CCCN1c2ccc([N+](=O)[O-])nc2N(CCCN(C)C)c2cccnc21. The van der Waals surface area contributed by atoms with Crippen LogP contribution in [0.15, 0.2) is 30.5 Å². The molecule has 156 valence electrons. The Morgan fingerprint density at radius 2 is 1.52 bits per heavy atom. The highest BCUT2D eigenvalue weighted by Crippen LogP contribution is 2.46. The Balaban J connectivity index is 2.01. The summed E-state index contributed by atoms with van der Waals surface area (Å²) in [6.45, 7) is 3.34. The molecule has 9 nitrogen and oxygen atoms in total. The second-order valence-electron chi connectivity index (χ2n) is 7.73. The highest BCUT2D eigenvalue weighted by molar-refractivity contribution is 5.89. The number of nitrogens with zero attached hydrogens (tertiary/aromatic N) is 7. The number of anilines is 4. The average molecular weight is 399 g/mol. The number of hydrogen-bond acceptors (Lipinski definition) is 8. The van der Waals surface area contributed by atoms with E-state index in [0.717, 1.165) is 49.7 Å². The summed E-state index contributed by atoms with van der Waals surface area (Å²) in [7, 11) is 8.17. The minimum atomic E-state index is -0.437. The van der Waals surface area contributed by atoms with Crippen molar-refractivity contribution in [1.29, 1.82) is 0 Å². The molecule has 9 heteroatoms. The molecule has 2 aromatic heterocycles. The molecule has 1 aliphatic rings. The molecular formula is C20H29N7O2. The van der Waals surface area contributed by atoms with E-state index >= 15 is 0 Å². The number of rotatable bonds is 9. The van der Waals surface area contributed by atoms with Gasteiger partial charge in [0.1, 0.15) is 5.69 Å². The number of fused-ring (bicyclic) bond motifs is 2. The van der Waals surface area contributed by atoms with Gasteiger partial charge in [0.2, 0.25) is 0 Å². The lowest BCUT2D eigenvalue weighted by molar-refractivity contribution is -0.389. The molecule has 0 aromatic carbocycles. The molecule has 0 fully saturated rings. The lowest BCUT2D eigenvalue weighted by Gasteiger charge is -2.36. The monoisotopic (exact) mass is 399 g/mol. The van der Waals surface area contributed by atoms with Crippen LogP contribution in [0.5, 0.6) is 0 Å². The van der Waals surface area contributed by atoms with Gasteiger partial charge in [0.15, 0.2) is 5.82 Å². The summed E-state index contributed by atoms with van der Waals surface area (Å²) < 4.78 is 0. The number of hydrogen-bond donors (Lipinski definition) is 0. The number of aromatic nitrogens is 2. The molecule has 0 radical (unpaired) electrons. The van der Waals surface area contributed by atoms with Crippen LogP contribution in [0.2, 0.25) is 0 Å². The molecule has 3 heterocycles. The van der Waals surface area contributed by atoms with Crippen LogP contribution in [0.3, 0.4) is 0 Å². The second kappa shape index (κ2) is 9.15. The highest BCUT2D eigenvalue weighted by Gasteiger charge is 2.34. The molecule has 0 bridgehead atoms. The Labute approximate surface area is 171 Å². The van der Waals surface area contributed by atoms with Crippen molar-refractivity contribution in [3.05, 3.63) is 40.6 Å². The highest BCUT2D eigenvalue weighted by atomic mass is 16.6. The van der Waals surface area contributed by atoms with E-state index in [1.807, 2.05) is 40.3 Å². The lowest BCUT2D eigenvalue weighted by Crippen LogP contribution is -2.34. The van der Waals surface area contributed by atoms with Gasteiger partial charge in [0, 0.05) is 25.4 Å². The van der Waals surface area contributed by atoms with Crippen LogP contribution >= 0.6 is 0 Å². The summed E-state index contributed by atoms with van der Waals surface area (Å²) in [5, 5.41) is 11.4. The van der Waals surface area contributed by atoms with Gasteiger partial charge in [-0.3, -0.25) is 0 Å². The van der Waals surface area contributed by atoms with Crippen molar-refractivity contribution in [1.82, 2.24) is 19.8 Å². The minimum absolute atomic E-state index is 0.137. The Bertz CT molecular complexity index is 856. The molecule has 2 aromatic rings. The van der Waals surface area contributed by atoms with E-state index < -0.39 is 4.92 Å². The van der Waals surface area contributed by atoms with Gasteiger partial charge >= 0.3 is 5.82 Å². The third-order valence-electron chi connectivity index (χ3n) is 4.86. The second-order valence-corrected chi connectivity index (χ2v) is 7.73. The van der Waals surface area contributed by atoms with E-state index in [2.05, 4.69) is 29.6 Å². The molecule has 0 amide bonds. The van der Waals surface area contributed by atoms with E-state index in [9.17, 15) is 10.1 Å². The summed E-state index contributed by atoms with van der Waals surface area (Å²) >= 11 is 0. The first-order valence-corrected chi connectivity index (χ1v) is 9.83. The van der Waals surface area contributed by atoms with Crippen molar-refractivity contribution in [3.8, 4) is 0 Å². The summed E-state index contributed by atoms with van der Waals surface area (Å²) in [5.41, 5.74) is 1.81. The van der Waals surface area contributed by atoms with Crippen LogP contribution in [0.1, 0.15) is 12.8 Å². The molecule has 0 aliphatic carbocycles. The summed E-state index contributed by atoms with van der Waals surface area (Å²) in [6.07, 6.45) is 3.64. The molecular weight excluding hydrogens is 370 g/mol. The van der Waals surface area contributed by atoms with Crippen molar-refractivity contribution >= 4 is 28.8 Å². The van der Waals surface area contributed by atoms with Crippen LogP contribution < -0.4 is 9.80 Å². The van der Waals surface area contributed by atoms with Gasteiger partial charge in [-0.25, -0.2) is 4.98 Å². The maximum absolute atomic E-state index is 11.4. The largest absolute Gasteiger partial charge is 0.366 e. The predicted octanol–water partition coefficient (Wildman–Crippen LogP) is 2.88. The fourth-order valence-electron chi connectivity index (χ4n) is 3.52. The normalized spacial score (nSPS) is 13.0. The molecule has 0 saturated carbocycles. The van der Waals surface area contributed by atoms with Gasteiger partial charge in [-0.2, -0.15) is 0 Å². The summed E-state index contributed by atoms with van der Waals surface area (Å²) in [4.78, 5) is 28.5. The van der Waals surface area contributed by atoms with Crippen molar-refractivity contribution in [2.45, 2.75) is 12.8 Å². The number of nitro groups is 1. The molecule has 0 spiro atoms. The van der Waals surface area contributed by atoms with E-state index in [1.54, 1.807) is 12.3 Å². The first-order chi connectivity index (χ1) is 13.9. The Hall–Kier alpha value is -2.78. The molecule has 1 aliphatic heterocycles. The standard InChI is InChI=1S/C20H29N7O2/c1-23(2)12-6-14-25-17-9-10-18(27(28)29)22-20(17)26(15-7-13-24(3)4)16-8-5-11-21-19(16)25/h5,8-11H,6-7,12-15H2,1-4H3. The fourth-order valence-corrected chi connectivity index (χ4v) is 3.52. The Morgan fingerprint density at radius 1 is 0.931 bits per heavy atom. The Kier molecular flexibility index (Phi) is 6.60. The van der Waals surface area contributed by atoms with Crippen LogP contribution in [0, 0.1) is 10.1 Å². The van der Waals surface area contributed by atoms with Crippen molar-refractivity contribution in [2.24, 2.45) is 0 Å². The van der Waals surface area contributed by atoms with Crippen molar-refractivity contribution < 1.29 is 4.92 Å². The van der Waals surface area contributed by atoms with Gasteiger partial charge in [-0.15, -0.1) is 0 Å². The van der Waals surface area contributed by atoms with E-state index in [1.165, 1.54) is 6.07 Å². The van der Waals surface area contributed by atoms with E-state index in [4.69, 9.17) is 0 Å². The maximum atomic E-state index is 11.4. The minimum Gasteiger partial charge on any atom is -0.358 e. The van der Waals surface area contributed by atoms with Gasteiger partial charge in [0.25, 0.3) is 5.82 Å². The molecule has 0 atom stereocenters. The van der Waals surface area contributed by atoms with Crippen LogP contribution in [-0.2, 0) is 0 Å². The summed E-state index contributed by atoms with van der Waals surface area (Å²) in [5.74, 6) is 1.37. The van der Waals surface area contributed by atoms with Crippen LogP contribution in [-0.4, -0.2) is 79.1 Å². The molecule has 3 rings (SSSR count).